The van der Waals surface area contributed by atoms with E-state index in [2.05, 4.69) is 6.58 Å². The van der Waals surface area contributed by atoms with Gasteiger partial charge in [0, 0.05) is 0 Å². The van der Waals surface area contributed by atoms with Gasteiger partial charge in [-0.25, -0.2) is 0 Å². The summed E-state index contributed by atoms with van der Waals surface area (Å²) in [6.45, 7) is 3.31. The summed E-state index contributed by atoms with van der Waals surface area (Å²) in [4.78, 5) is 0. The summed E-state index contributed by atoms with van der Waals surface area (Å²) in [7, 11) is -24.0. The molecule has 0 unspecified atom stereocenters. The summed E-state index contributed by atoms with van der Waals surface area (Å²) in [5, 5.41) is 7.76. The van der Waals surface area contributed by atoms with E-state index in [1.165, 1.54) is 6.08 Å². The molecule has 24 heavy (non-hydrogen) atoms. The molecule has 0 saturated heterocycles. The molecule has 0 fully saturated rings. The van der Waals surface area contributed by atoms with Gasteiger partial charge in [-0.15, -0.1) is 6.58 Å². The predicted molar refractivity (Wildman–Crippen MR) is 58.0 cm³/mol. The molecule has 0 aliphatic carbocycles. The maximum atomic E-state index is 9.75. The molecule has 1 nitrogen and oxygen atoms in total. The average molecular weight is 405 g/mol. The van der Waals surface area contributed by atoms with Crippen molar-refractivity contribution in [2.45, 2.75) is 0 Å². The number of aliphatic hydroxyl groups excluding tert-OH is 1. The molecule has 0 aromatic heterocycles. The van der Waals surface area contributed by atoms with Crippen molar-refractivity contribution in [3.63, 3.8) is 0 Å². The first-order valence-electron chi connectivity index (χ1n) is 4.62. The van der Waals surface area contributed by atoms with Gasteiger partial charge in [0.05, 0.1) is 6.61 Å². The fraction of sp³-hybridized carbons (Fsp3) is 0.333. The Morgan fingerprint density at radius 3 is 0.542 bits per heavy atom. The molecule has 0 bridgehead atoms. The number of hydrogen-bond donors (Lipinski definition) is 1. The third-order valence-electron chi connectivity index (χ3n) is 0.129. The second kappa shape index (κ2) is 15.4. The third kappa shape index (κ3) is 319000. The third-order valence-corrected chi connectivity index (χ3v) is 0.129. The van der Waals surface area contributed by atoms with Crippen molar-refractivity contribution in [3.05, 3.63) is 12.7 Å². The van der Waals surface area contributed by atoms with E-state index in [1.807, 2.05) is 0 Å². The van der Waals surface area contributed by atoms with Gasteiger partial charge in [0.1, 0.15) is 0 Å². The van der Waals surface area contributed by atoms with Crippen LogP contribution in [0.4, 0.5) is 69.1 Å². The molecule has 0 aromatic rings. The van der Waals surface area contributed by atoms with Gasteiger partial charge in [-0.3, -0.25) is 0 Å². The Balaban J connectivity index is -0.0000000628. The highest BCUT2D eigenvalue weighted by molar-refractivity contribution is 6.50. The molecule has 0 atom stereocenters. The van der Waals surface area contributed by atoms with Crippen LogP contribution in [0.3, 0.4) is 0 Å². The molecule has 0 spiro atoms. The standard InChI is InChI=1S/C3H6O.4BF4/c1-2-3-4;4*2-1(3,4)5/h2,4H,1,3H2;;;;/q;4*-1. The van der Waals surface area contributed by atoms with Crippen LogP contribution in [0, 0.1) is 0 Å². The normalized spacial score (nSPS) is 11.0. The molecule has 0 radical (unpaired) electrons. The second-order valence-electron chi connectivity index (χ2n) is 2.45. The van der Waals surface area contributed by atoms with E-state index in [1.54, 1.807) is 0 Å². The largest absolute Gasteiger partial charge is 0.673 e. The summed E-state index contributed by atoms with van der Waals surface area (Å²) < 4.78 is 156. The summed E-state index contributed by atoms with van der Waals surface area (Å²) in [6.07, 6.45) is 1.43. The molecule has 152 valence electrons. The topological polar surface area (TPSA) is 20.2 Å². The Kier molecular flexibility index (Phi) is 21.9. The van der Waals surface area contributed by atoms with Crippen molar-refractivity contribution in [2.75, 3.05) is 6.61 Å². The molecular weight excluding hydrogens is 399 g/mol. The van der Waals surface area contributed by atoms with E-state index in [4.69, 9.17) is 5.11 Å². The van der Waals surface area contributed by atoms with Crippen molar-refractivity contribution in [1.29, 1.82) is 0 Å². The zero-order chi connectivity index (χ0) is 21.4. The van der Waals surface area contributed by atoms with Crippen molar-refractivity contribution in [3.8, 4) is 0 Å². The van der Waals surface area contributed by atoms with Crippen LogP contribution in [0.2, 0.25) is 0 Å². The highest BCUT2D eigenvalue weighted by Crippen LogP contribution is 2.08. The molecule has 0 heterocycles. The fourth-order valence-corrected chi connectivity index (χ4v) is 0. The lowest BCUT2D eigenvalue weighted by molar-refractivity contribution is 0.343. The van der Waals surface area contributed by atoms with Crippen LogP contribution in [0.5, 0.6) is 0 Å². The lowest BCUT2D eigenvalue weighted by Crippen LogP contribution is -2.02. The second-order valence-corrected chi connectivity index (χ2v) is 2.45. The highest BCUT2D eigenvalue weighted by atomic mass is 19.5. The van der Waals surface area contributed by atoms with Gasteiger partial charge in [-0.2, -0.15) is 0 Å². The van der Waals surface area contributed by atoms with Crippen molar-refractivity contribution in [2.24, 2.45) is 0 Å². The molecule has 1 N–H and O–H groups in total. The number of rotatable bonds is 1. The molecular formula is C3H6B4F16O-4. The first kappa shape index (κ1) is 34.2. The Morgan fingerprint density at radius 2 is 0.542 bits per heavy atom. The van der Waals surface area contributed by atoms with Crippen LogP contribution in [0.25, 0.3) is 0 Å². The number of hydrogen-bond acceptors (Lipinski definition) is 1. The lowest BCUT2D eigenvalue weighted by atomic mass is 10.3. The van der Waals surface area contributed by atoms with Crippen LogP contribution in [-0.2, 0) is 0 Å². The molecule has 0 aliphatic heterocycles. The quantitative estimate of drug-likeness (QED) is 0.354. The zero-order valence-corrected chi connectivity index (χ0v) is 10.8. The monoisotopic (exact) mass is 406 g/mol. The van der Waals surface area contributed by atoms with Gasteiger partial charge in [-0.05, 0) is 0 Å². The van der Waals surface area contributed by atoms with Gasteiger partial charge in [0.2, 0.25) is 0 Å². The zero-order valence-electron chi connectivity index (χ0n) is 10.8. The number of halogens is 16. The molecule has 0 rings (SSSR count). The van der Waals surface area contributed by atoms with Crippen molar-refractivity contribution >= 4 is 29.0 Å². The smallest absolute Gasteiger partial charge is 0.418 e. The minimum atomic E-state index is -6.00. The van der Waals surface area contributed by atoms with E-state index < -0.39 is 29.0 Å². The van der Waals surface area contributed by atoms with Crippen LogP contribution in [0.1, 0.15) is 0 Å². The van der Waals surface area contributed by atoms with E-state index >= 15 is 0 Å². The van der Waals surface area contributed by atoms with Crippen molar-refractivity contribution in [1.82, 2.24) is 0 Å². The van der Waals surface area contributed by atoms with E-state index in [9.17, 15) is 69.1 Å². The molecule has 0 saturated carbocycles. The van der Waals surface area contributed by atoms with E-state index in [-0.39, 0.29) is 6.61 Å². The SMILES string of the molecule is C=CCO.F[B-](F)(F)F.F[B-](F)(F)F.F[B-](F)(F)F.F[B-](F)(F)F. The van der Waals surface area contributed by atoms with Gasteiger partial charge >= 0.3 is 29.0 Å². The molecule has 21 heteroatoms. The maximum Gasteiger partial charge on any atom is 0.673 e. The van der Waals surface area contributed by atoms with E-state index in [0.29, 0.717) is 0 Å². The maximum absolute atomic E-state index is 9.75. The minimum Gasteiger partial charge on any atom is -0.418 e. The Morgan fingerprint density at radius 1 is 0.500 bits per heavy atom. The van der Waals surface area contributed by atoms with Crippen LogP contribution in [-0.4, -0.2) is 40.7 Å². The molecule has 0 amide bonds. The summed E-state index contributed by atoms with van der Waals surface area (Å²) in [5.41, 5.74) is 0. The van der Waals surface area contributed by atoms with Gasteiger partial charge in [0.25, 0.3) is 0 Å². The molecule has 0 aliphatic rings. The van der Waals surface area contributed by atoms with Crippen LogP contribution in [0.15, 0.2) is 12.7 Å². The average Bonchev–Trinajstić information content (AvgIpc) is 2.05. The van der Waals surface area contributed by atoms with Crippen LogP contribution < -0.4 is 0 Å². The Hall–Kier alpha value is -1.16. The highest BCUT2D eigenvalue weighted by Gasteiger charge is 2.21. The first-order chi connectivity index (χ1) is 9.91. The van der Waals surface area contributed by atoms with Gasteiger partial charge in [-0.1, -0.05) is 6.08 Å². The van der Waals surface area contributed by atoms with Gasteiger partial charge < -0.3 is 74.2 Å². The van der Waals surface area contributed by atoms with Crippen LogP contribution >= 0.6 is 0 Å². The summed E-state index contributed by atoms with van der Waals surface area (Å²) >= 11 is 0. The van der Waals surface area contributed by atoms with E-state index in [0.717, 1.165) is 0 Å². The molecule has 0 aromatic carbocycles. The summed E-state index contributed by atoms with van der Waals surface area (Å²) in [5.74, 6) is 0. The Bertz CT molecular complexity index is 190. The Labute approximate surface area is 124 Å². The summed E-state index contributed by atoms with van der Waals surface area (Å²) in [6, 6.07) is 0. The van der Waals surface area contributed by atoms with Gasteiger partial charge in [0.15, 0.2) is 0 Å². The predicted octanol–water partition coefficient (Wildman–Crippen LogP) is 5.36. The minimum absolute atomic E-state index is 0.0833. The van der Waals surface area contributed by atoms with Crippen molar-refractivity contribution < 1.29 is 74.2 Å². The fourth-order valence-electron chi connectivity index (χ4n) is 0. The first-order valence-corrected chi connectivity index (χ1v) is 4.62. The number of aliphatic hydroxyl groups is 1. The lowest BCUT2D eigenvalue weighted by Gasteiger charge is -1.94.